The van der Waals surface area contributed by atoms with Gasteiger partial charge in [-0.1, -0.05) is 0 Å². The molecule has 2 N–H and O–H groups in total. The number of halogens is 1. The fraction of sp³-hybridized carbons (Fsp3) is 0.889. The molecule has 1 rings (SSSR count). The summed E-state index contributed by atoms with van der Waals surface area (Å²) in [6.45, 7) is 6.17. The molecule has 14 heavy (non-hydrogen) atoms. The van der Waals surface area contributed by atoms with Crippen molar-refractivity contribution in [1.82, 2.24) is 10.6 Å². The molecule has 2 atom stereocenters. The van der Waals surface area contributed by atoms with E-state index in [1.807, 2.05) is 20.8 Å². The van der Waals surface area contributed by atoms with E-state index in [2.05, 4.69) is 10.6 Å². The molecule has 2 unspecified atom stereocenters. The molecule has 0 aromatic heterocycles. The van der Waals surface area contributed by atoms with Crippen LogP contribution in [0.1, 0.15) is 20.8 Å². The van der Waals surface area contributed by atoms with Gasteiger partial charge in [-0.05, 0) is 20.8 Å². The van der Waals surface area contributed by atoms with Gasteiger partial charge in [-0.15, -0.1) is 0 Å². The van der Waals surface area contributed by atoms with Crippen LogP contribution in [0.15, 0.2) is 0 Å². The summed E-state index contributed by atoms with van der Waals surface area (Å²) in [5, 5.41) is 5.42. The second kappa shape index (κ2) is 4.13. The summed E-state index contributed by atoms with van der Waals surface area (Å²) in [5.74, 6) is 0. The highest BCUT2D eigenvalue weighted by molar-refractivity contribution is 5.68. The van der Waals surface area contributed by atoms with Crippen molar-refractivity contribution in [3.8, 4) is 0 Å². The second-order valence-corrected chi connectivity index (χ2v) is 4.49. The third-order valence-electron chi connectivity index (χ3n) is 1.82. The summed E-state index contributed by atoms with van der Waals surface area (Å²) in [6, 6.07) is 0. The first-order valence-corrected chi connectivity index (χ1v) is 4.72. The van der Waals surface area contributed by atoms with Crippen LogP contribution < -0.4 is 10.6 Å². The molecule has 1 heterocycles. The molecular formula is C9H17FN2O2. The van der Waals surface area contributed by atoms with Crippen LogP contribution in [0.25, 0.3) is 0 Å². The van der Waals surface area contributed by atoms with Crippen molar-refractivity contribution < 1.29 is 13.9 Å². The average molecular weight is 204 g/mol. The minimum Gasteiger partial charge on any atom is -0.442 e. The number of hydrogen-bond acceptors (Lipinski definition) is 3. The van der Waals surface area contributed by atoms with Gasteiger partial charge in [-0.25, -0.2) is 9.18 Å². The lowest BCUT2D eigenvalue weighted by Crippen LogP contribution is -2.43. The minimum absolute atomic E-state index is 0.257. The lowest BCUT2D eigenvalue weighted by Gasteiger charge is -2.22. The number of alkyl carbamates (subject to hydrolysis) is 1. The Morgan fingerprint density at radius 2 is 2.14 bits per heavy atom. The van der Waals surface area contributed by atoms with E-state index in [-0.39, 0.29) is 12.1 Å². The van der Waals surface area contributed by atoms with Gasteiger partial charge in [0.05, 0.1) is 0 Å². The number of amides is 1. The van der Waals surface area contributed by atoms with Crippen LogP contribution in [0, 0.1) is 0 Å². The Labute approximate surface area is 83.2 Å². The Morgan fingerprint density at radius 3 is 2.57 bits per heavy atom. The van der Waals surface area contributed by atoms with Gasteiger partial charge in [0.15, 0.2) is 6.17 Å². The number of rotatable bonds is 1. The Balaban J connectivity index is 2.33. The van der Waals surface area contributed by atoms with E-state index in [0.717, 1.165) is 0 Å². The zero-order valence-corrected chi connectivity index (χ0v) is 8.76. The zero-order chi connectivity index (χ0) is 10.8. The van der Waals surface area contributed by atoms with Crippen LogP contribution in [-0.4, -0.2) is 37.0 Å². The first-order chi connectivity index (χ1) is 6.38. The van der Waals surface area contributed by atoms with Crippen LogP contribution in [0.5, 0.6) is 0 Å². The standard InChI is InChI=1S/C9H17FN2O2/c1-9(2,3)12-8(13)14-7-5-11-4-6(7)10/h6-7,11H,4-5H2,1-3H3,(H,12,13). The molecule has 0 aromatic rings. The average Bonchev–Trinajstić information content (AvgIpc) is 2.32. The van der Waals surface area contributed by atoms with E-state index >= 15 is 0 Å². The number of carbonyl (C=O) groups excluding carboxylic acids is 1. The smallest absolute Gasteiger partial charge is 0.407 e. The first kappa shape index (κ1) is 11.2. The van der Waals surface area contributed by atoms with Crippen molar-refractivity contribution >= 4 is 6.09 Å². The molecule has 0 radical (unpaired) electrons. The second-order valence-electron chi connectivity index (χ2n) is 4.49. The highest BCUT2D eigenvalue weighted by Gasteiger charge is 2.30. The molecule has 1 aliphatic heterocycles. The van der Waals surface area contributed by atoms with Gasteiger partial charge in [-0.2, -0.15) is 0 Å². The summed E-state index contributed by atoms with van der Waals surface area (Å²) >= 11 is 0. The molecular weight excluding hydrogens is 187 g/mol. The van der Waals surface area contributed by atoms with Crippen molar-refractivity contribution in [3.05, 3.63) is 0 Å². The molecule has 0 aliphatic carbocycles. The summed E-state index contributed by atoms with van der Waals surface area (Å²) in [5.41, 5.74) is -0.352. The highest BCUT2D eigenvalue weighted by Crippen LogP contribution is 2.09. The summed E-state index contributed by atoms with van der Waals surface area (Å²) in [4.78, 5) is 11.2. The van der Waals surface area contributed by atoms with Gasteiger partial charge in [0.1, 0.15) is 6.10 Å². The van der Waals surface area contributed by atoms with E-state index in [4.69, 9.17) is 4.74 Å². The largest absolute Gasteiger partial charge is 0.442 e. The van der Waals surface area contributed by atoms with Gasteiger partial charge in [0.25, 0.3) is 0 Å². The first-order valence-electron chi connectivity index (χ1n) is 4.72. The number of hydrogen-bond donors (Lipinski definition) is 2. The number of ether oxygens (including phenoxy) is 1. The molecule has 0 aromatic carbocycles. The van der Waals surface area contributed by atoms with Crippen molar-refractivity contribution in [2.45, 2.75) is 38.6 Å². The molecule has 4 nitrogen and oxygen atoms in total. The van der Waals surface area contributed by atoms with Crippen molar-refractivity contribution in [1.29, 1.82) is 0 Å². The molecule has 1 fully saturated rings. The quantitative estimate of drug-likeness (QED) is 0.665. The Kier molecular flexibility index (Phi) is 3.31. The Hall–Kier alpha value is -0.840. The predicted molar refractivity (Wildman–Crippen MR) is 50.9 cm³/mol. The summed E-state index contributed by atoms with van der Waals surface area (Å²) in [7, 11) is 0. The van der Waals surface area contributed by atoms with Crippen LogP contribution in [-0.2, 0) is 4.74 Å². The summed E-state index contributed by atoms with van der Waals surface area (Å²) < 4.78 is 17.9. The van der Waals surface area contributed by atoms with Crippen LogP contribution in [0.3, 0.4) is 0 Å². The number of alkyl halides is 1. The van der Waals surface area contributed by atoms with E-state index in [9.17, 15) is 9.18 Å². The monoisotopic (exact) mass is 204 g/mol. The molecule has 0 bridgehead atoms. The van der Waals surface area contributed by atoms with E-state index in [1.165, 1.54) is 0 Å². The van der Waals surface area contributed by atoms with E-state index in [0.29, 0.717) is 6.54 Å². The predicted octanol–water partition coefficient (Wildman–Crippen LogP) is 0.821. The summed E-state index contributed by atoms with van der Waals surface area (Å²) in [6.07, 6.45) is -2.31. The molecule has 82 valence electrons. The topological polar surface area (TPSA) is 50.4 Å². The van der Waals surface area contributed by atoms with Crippen molar-refractivity contribution in [2.75, 3.05) is 13.1 Å². The lowest BCUT2D eigenvalue weighted by molar-refractivity contribution is 0.0654. The van der Waals surface area contributed by atoms with Gasteiger partial charge >= 0.3 is 6.09 Å². The lowest BCUT2D eigenvalue weighted by atomic mass is 10.1. The minimum atomic E-state index is -1.10. The van der Waals surface area contributed by atoms with Crippen LogP contribution in [0.4, 0.5) is 9.18 Å². The number of carbonyl (C=O) groups is 1. The Morgan fingerprint density at radius 1 is 1.50 bits per heavy atom. The molecule has 1 aliphatic rings. The number of nitrogens with one attached hydrogen (secondary N) is 2. The fourth-order valence-corrected chi connectivity index (χ4v) is 1.21. The van der Waals surface area contributed by atoms with Crippen LogP contribution in [0.2, 0.25) is 0 Å². The maximum absolute atomic E-state index is 13.0. The van der Waals surface area contributed by atoms with E-state index < -0.39 is 18.4 Å². The molecule has 1 amide bonds. The van der Waals surface area contributed by atoms with Gasteiger partial charge in [0, 0.05) is 18.6 Å². The highest BCUT2D eigenvalue weighted by atomic mass is 19.1. The normalized spacial score (nSPS) is 27.4. The maximum Gasteiger partial charge on any atom is 0.407 e. The molecule has 5 heteroatoms. The van der Waals surface area contributed by atoms with Gasteiger partial charge < -0.3 is 15.4 Å². The SMILES string of the molecule is CC(C)(C)NC(=O)OC1CNCC1F. The zero-order valence-electron chi connectivity index (χ0n) is 8.76. The molecule has 1 saturated heterocycles. The maximum atomic E-state index is 13.0. The van der Waals surface area contributed by atoms with Gasteiger partial charge in [-0.3, -0.25) is 0 Å². The van der Waals surface area contributed by atoms with Gasteiger partial charge in [0.2, 0.25) is 0 Å². The van der Waals surface area contributed by atoms with E-state index in [1.54, 1.807) is 0 Å². The third-order valence-corrected chi connectivity index (χ3v) is 1.82. The fourth-order valence-electron chi connectivity index (χ4n) is 1.21. The van der Waals surface area contributed by atoms with Crippen molar-refractivity contribution in [2.24, 2.45) is 0 Å². The Bertz CT molecular complexity index is 215. The van der Waals surface area contributed by atoms with Crippen LogP contribution >= 0.6 is 0 Å². The molecule has 0 saturated carbocycles. The third kappa shape index (κ3) is 3.49. The molecule has 0 spiro atoms. The van der Waals surface area contributed by atoms with Crippen molar-refractivity contribution in [3.63, 3.8) is 0 Å².